The molecule has 1 atom stereocenters. The number of carbonyl (C=O) groups excluding carboxylic acids is 1. The molecule has 0 saturated carbocycles. The van der Waals surface area contributed by atoms with Gasteiger partial charge < -0.3 is 14.7 Å². The Morgan fingerprint density at radius 1 is 1.47 bits per heavy atom. The lowest BCUT2D eigenvalue weighted by Crippen LogP contribution is -2.47. The van der Waals surface area contributed by atoms with Gasteiger partial charge in [0.25, 0.3) is 0 Å². The van der Waals surface area contributed by atoms with Crippen molar-refractivity contribution in [2.75, 3.05) is 26.3 Å². The van der Waals surface area contributed by atoms with Crippen molar-refractivity contribution in [3.63, 3.8) is 0 Å². The molecule has 2 rings (SSSR count). The smallest absolute Gasteiger partial charge is 0.227 e. The van der Waals surface area contributed by atoms with Gasteiger partial charge in [0.15, 0.2) is 0 Å². The highest BCUT2D eigenvalue weighted by atomic mass is 16.5. The van der Waals surface area contributed by atoms with Crippen LogP contribution in [0.4, 0.5) is 0 Å². The maximum Gasteiger partial charge on any atom is 0.227 e. The number of aliphatic hydroxyl groups is 1. The highest BCUT2D eigenvalue weighted by molar-refractivity contribution is 5.79. The number of aliphatic hydroxyl groups excluding tert-OH is 1. The molecule has 1 N–H and O–H groups in total. The summed E-state index contributed by atoms with van der Waals surface area (Å²) in [6.45, 7) is 1.39. The molecule has 5 nitrogen and oxygen atoms in total. The van der Waals surface area contributed by atoms with Crippen LogP contribution in [0.5, 0.6) is 0 Å². The lowest BCUT2D eigenvalue weighted by Gasteiger charge is -2.32. The van der Waals surface area contributed by atoms with Crippen LogP contribution in [0.3, 0.4) is 0 Å². The van der Waals surface area contributed by atoms with Crippen molar-refractivity contribution >= 4 is 5.91 Å². The zero-order chi connectivity index (χ0) is 13.7. The van der Waals surface area contributed by atoms with E-state index in [1.807, 2.05) is 6.07 Å². The van der Waals surface area contributed by atoms with Gasteiger partial charge in [0.2, 0.25) is 5.91 Å². The fraction of sp³-hybridized carbons (Fsp3) is 0.429. The molecule has 1 fully saturated rings. The van der Waals surface area contributed by atoms with Gasteiger partial charge in [0.1, 0.15) is 0 Å². The molecule has 1 heterocycles. The van der Waals surface area contributed by atoms with Gasteiger partial charge >= 0.3 is 0 Å². The van der Waals surface area contributed by atoms with Gasteiger partial charge in [-0.1, -0.05) is 12.1 Å². The summed E-state index contributed by atoms with van der Waals surface area (Å²) in [5.74, 6) is 0.0199. The molecule has 1 amide bonds. The first kappa shape index (κ1) is 13.5. The van der Waals surface area contributed by atoms with Crippen molar-refractivity contribution in [3.05, 3.63) is 35.4 Å². The number of hydrogen-bond acceptors (Lipinski definition) is 4. The molecule has 0 aromatic heterocycles. The van der Waals surface area contributed by atoms with Gasteiger partial charge in [-0.05, 0) is 17.7 Å². The Morgan fingerprint density at radius 2 is 2.21 bits per heavy atom. The molecule has 0 spiro atoms. The van der Waals surface area contributed by atoms with E-state index in [0.29, 0.717) is 31.7 Å². The quantitative estimate of drug-likeness (QED) is 0.849. The molecular formula is C14H16N2O3. The largest absolute Gasteiger partial charge is 0.394 e. The average Bonchev–Trinajstić information content (AvgIpc) is 2.48. The second-order valence-corrected chi connectivity index (χ2v) is 4.50. The lowest BCUT2D eigenvalue weighted by molar-refractivity contribution is -0.139. The van der Waals surface area contributed by atoms with Crippen LogP contribution >= 0.6 is 0 Å². The SMILES string of the molecule is N#Cc1ccc(CC(=O)N2CCOC(CO)C2)cc1. The molecule has 0 radical (unpaired) electrons. The summed E-state index contributed by atoms with van der Waals surface area (Å²) in [4.78, 5) is 13.8. The maximum absolute atomic E-state index is 12.1. The van der Waals surface area contributed by atoms with Crippen molar-refractivity contribution in [1.29, 1.82) is 5.26 Å². The van der Waals surface area contributed by atoms with Gasteiger partial charge in [-0.3, -0.25) is 4.79 Å². The van der Waals surface area contributed by atoms with Crippen LogP contribution in [-0.2, 0) is 16.0 Å². The summed E-state index contributed by atoms with van der Waals surface area (Å²) in [6.07, 6.45) is 0.0304. The zero-order valence-electron chi connectivity index (χ0n) is 10.6. The zero-order valence-corrected chi connectivity index (χ0v) is 10.6. The Hall–Kier alpha value is -1.90. The van der Waals surface area contributed by atoms with Crippen LogP contribution in [0.25, 0.3) is 0 Å². The predicted octanol–water partition coefficient (Wildman–Crippen LogP) is 0.320. The number of nitrogens with zero attached hydrogens (tertiary/aromatic N) is 2. The third-order valence-corrected chi connectivity index (χ3v) is 3.13. The van der Waals surface area contributed by atoms with Gasteiger partial charge in [0.05, 0.1) is 37.4 Å². The summed E-state index contributed by atoms with van der Waals surface area (Å²) in [7, 11) is 0. The van der Waals surface area contributed by atoms with E-state index < -0.39 is 0 Å². The standard InChI is InChI=1S/C14H16N2O3/c15-8-12-3-1-11(2-4-12)7-14(18)16-5-6-19-13(9-16)10-17/h1-4,13,17H,5-7,9-10H2. The molecule has 19 heavy (non-hydrogen) atoms. The monoisotopic (exact) mass is 260 g/mol. The molecule has 1 aromatic rings. The maximum atomic E-state index is 12.1. The molecule has 1 aliphatic rings. The Morgan fingerprint density at radius 3 is 2.84 bits per heavy atom. The highest BCUT2D eigenvalue weighted by Crippen LogP contribution is 2.09. The normalized spacial score (nSPS) is 18.9. The molecule has 5 heteroatoms. The number of hydrogen-bond donors (Lipinski definition) is 1. The number of benzene rings is 1. The van der Waals surface area contributed by atoms with Crippen LogP contribution in [0.1, 0.15) is 11.1 Å². The Labute approximate surface area is 112 Å². The molecule has 0 bridgehead atoms. The minimum atomic E-state index is -0.279. The third kappa shape index (κ3) is 3.53. The summed E-state index contributed by atoms with van der Waals surface area (Å²) in [5, 5.41) is 17.8. The van der Waals surface area contributed by atoms with Gasteiger partial charge in [-0.25, -0.2) is 0 Å². The van der Waals surface area contributed by atoms with E-state index in [2.05, 4.69) is 0 Å². The van der Waals surface area contributed by atoms with Gasteiger partial charge in [-0.2, -0.15) is 5.26 Å². The van der Waals surface area contributed by atoms with Crippen molar-refractivity contribution < 1.29 is 14.6 Å². The van der Waals surface area contributed by atoms with E-state index in [1.165, 1.54) is 0 Å². The van der Waals surface area contributed by atoms with E-state index in [4.69, 9.17) is 15.1 Å². The first-order valence-electron chi connectivity index (χ1n) is 6.22. The van der Waals surface area contributed by atoms with Crippen LogP contribution in [0.2, 0.25) is 0 Å². The first-order chi connectivity index (χ1) is 9.22. The molecule has 100 valence electrons. The molecule has 1 aromatic carbocycles. The second kappa shape index (κ2) is 6.32. The predicted molar refractivity (Wildman–Crippen MR) is 68.3 cm³/mol. The van der Waals surface area contributed by atoms with E-state index in [-0.39, 0.29) is 18.6 Å². The fourth-order valence-corrected chi connectivity index (χ4v) is 2.04. The van der Waals surface area contributed by atoms with E-state index in [9.17, 15) is 4.79 Å². The molecule has 1 aliphatic heterocycles. The lowest BCUT2D eigenvalue weighted by atomic mass is 10.1. The summed E-state index contributed by atoms with van der Waals surface area (Å²) < 4.78 is 5.31. The Bertz CT molecular complexity index is 478. The molecule has 0 aliphatic carbocycles. The van der Waals surface area contributed by atoms with Gasteiger partial charge in [-0.15, -0.1) is 0 Å². The van der Waals surface area contributed by atoms with E-state index >= 15 is 0 Å². The second-order valence-electron chi connectivity index (χ2n) is 4.50. The van der Waals surface area contributed by atoms with Crippen LogP contribution < -0.4 is 0 Å². The molecular weight excluding hydrogens is 244 g/mol. The van der Waals surface area contributed by atoms with Gasteiger partial charge in [0, 0.05) is 13.1 Å². The fourth-order valence-electron chi connectivity index (χ4n) is 2.04. The van der Waals surface area contributed by atoms with Crippen molar-refractivity contribution in [3.8, 4) is 6.07 Å². The number of rotatable bonds is 3. The molecule has 1 unspecified atom stereocenters. The Balaban J connectivity index is 1.94. The van der Waals surface area contributed by atoms with Crippen LogP contribution in [0, 0.1) is 11.3 Å². The number of ether oxygens (including phenoxy) is 1. The summed E-state index contributed by atoms with van der Waals surface area (Å²) >= 11 is 0. The van der Waals surface area contributed by atoms with Crippen LogP contribution in [-0.4, -0.2) is 48.3 Å². The first-order valence-corrected chi connectivity index (χ1v) is 6.22. The number of carbonyl (C=O) groups is 1. The summed E-state index contributed by atoms with van der Waals surface area (Å²) in [6, 6.07) is 9.04. The summed E-state index contributed by atoms with van der Waals surface area (Å²) in [5.41, 5.74) is 1.47. The van der Waals surface area contributed by atoms with Crippen molar-refractivity contribution in [1.82, 2.24) is 4.90 Å². The van der Waals surface area contributed by atoms with Crippen molar-refractivity contribution in [2.24, 2.45) is 0 Å². The number of nitriles is 1. The number of amides is 1. The van der Waals surface area contributed by atoms with E-state index in [1.54, 1.807) is 29.2 Å². The third-order valence-electron chi connectivity index (χ3n) is 3.13. The number of morpholine rings is 1. The van der Waals surface area contributed by atoms with Crippen molar-refractivity contribution in [2.45, 2.75) is 12.5 Å². The van der Waals surface area contributed by atoms with E-state index in [0.717, 1.165) is 5.56 Å². The topological polar surface area (TPSA) is 73.6 Å². The highest BCUT2D eigenvalue weighted by Gasteiger charge is 2.23. The minimum absolute atomic E-state index is 0.0199. The molecule has 1 saturated heterocycles. The minimum Gasteiger partial charge on any atom is -0.394 e. The average molecular weight is 260 g/mol. The van der Waals surface area contributed by atoms with Crippen LogP contribution in [0.15, 0.2) is 24.3 Å². The Kier molecular flexibility index (Phi) is 4.50.